The highest BCUT2D eigenvalue weighted by molar-refractivity contribution is 6.08. The third-order valence-corrected chi connectivity index (χ3v) is 3.42. The van der Waals surface area contributed by atoms with Crippen LogP contribution in [0.1, 0.15) is 0 Å². The van der Waals surface area contributed by atoms with Gasteiger partial charge >= 0.3 is 0 Å². The molecule has 0 spiro atoms. The minimum atomic E-state index is -0.681. The molecule has 0 saturated heterocycles. The second-order valence-electron chi connectivity index (χ2n) is 4.65. The van der Waals surface area contributed by atoms with Crippen LogP contribution in [0.2, 0.25) is 0 Å². The predicted molar refractivity (Wildman–Crippen MR) is 76.6 cm³/mol. The lowest BCUT2D eigenvalue weighted by Gasteiger charge is -2.11. The highest BCUT2D eigenvalue weighted by Gasteiger charge is 2.15. The van der Waals surface area contributed by atoms with E-state index in [4.69, 9.17) is 11.5 Å². The van der Waals surface area contributed by atoms with E-state index in [1.165, 1.54) is 0 Å². The van der Waals surface area contributed by atoms with Gasteiger partial charge in [-0.25, -0.2) is 0 Å². The van der Waals surface area contributed by atoms with Crippen molar-refractivity contribution in [2.45, 2.75) is 12.6 Å². The van der Waals surface area contributed by atoms with E-state index in [0.29, 0.717) is 6.54 Å². The summed E-state index contributed by atoms with van der Waals surface area (Å²) in [6, 6.07) is 15.5. The van der Waals surface area contributed by atoms with Crippen LogP contribution in [-0.2, 0) is 11.3 Å². The summed E-state index contributed by atoms with van der Waals surface area (Å²) in [5.41, 5.74) is 13.2. The molecule has 4 nitrogen and oxygen atoms in total. The summed E-state index contributed by atoms with van der Waals surface area (Å²) >= 11 is 0. The molecule has 3 aromatic rings. The summed E-state index contributed by atoms with van der Waals surface area (Å²) in [5, 5.41) is 2.32. The maximum atomic E-state index is 11.2. The largest absolute Gasteiger partial charge is 0.368 e. The zero-order chi connectivity index (χ0) is 13.4. The molecule has 3 rings (SSSR count). The van der Waals surface area contributed by atoms with E-state index >= 15 is 0 Å². The fourth-order valence-electron chi connectivity index (χ4n) is 2.49. The van der Waals surface area contributed by atoms with Crippen LogP contribution in [0.25, 0.3) is 21.8 Å². The Morgan fingerprint density at radius 2 is 1.47 bits per heavy atom. The molecular weight excluding hydrogens is 238 g/mol. The van der Waals surface area contributed by atoms with Gasteiger partial charge in [0.2, 0.25) is 5.91 Å². The summed E-state index contributed by atoms with van der Waals surface area (Å²) in [7, 11) is 0. The number of primary amides is 1. The van der Waals surface area contributed by atoms with Gasteiger partial charge in [0, 0.05) is 28.4 Å². The summed E-state index contributed by atoms with van der Waals surface area (Å²) in [4.78, 5) is 11.2. The van der Waals surface area contributed by atoms with Crippen molar-refractivity contribution in [1.82, 2.24) is 4.57 Å². The molecule has 0 aliphatic carbocycles. The van der Waals surface area contributed by atoms with Gasteiger partial charge in [-0.1, -0.05) is 36.4 Å². The van der Waals surface area contributed by atoms with Gasteiger partial charge in [-0.2, -0.15) is 0 Å². The number of para-hydroxylation sites is 2. The van der Waals surface area contributed by atoms with E-state index in [1.807, 2.05) is 36.4 Å². The molecule has 0 radical (unpaired) electrons. The van der Waals surface area contributed by atoms with Crippen LogP contribution in [0, 0.1) is 0 Å². The van der Waals surface area contributed by atoms with Crippen molar-refractivity contribution >= 4 is 27.7 Å². The lowest BCUT2D eigenvalue weighted by molar-refractivity contribution is -0.119. The van der Waals surface area contributed by atoms with Crippen molar-refractivity contribution in [3.8, 4) is 0 Å². The molecule has 0 aliphatic rings. The smallest absolute Gasteiger partial charge is 0.236 e. The van der Waals surface area contributed by atoms with Gasteiger partial charge in [-0.05, 0) is 12.1 Å². The number of nitrogens with zero attached hydrogens (tertiary/aromatic N) is 1. The van der Waals surface area contributed by atoms with E-state index in [1.54, 1.807) is 0 Å². The number of hydrogen-bond donors (Lipinski definition) is 2. The van der Waals surface area contributed by atoms with Crippen molar-refractivity contribution in [3.05, 3.63) is 48.5 Å². The monoisotopic (exact) mass is 253 g/mol. The Morgan fingerprint density at radius 3 is 1.95 bits per heavy atom. The normalized spacial score (nSPS) is 12.9. The molecule has 2 aromatic carbocycles. The van der Waals surface area contributed by atoms with Gasteiger partial charge in [-0.15, -0.1) is 0 Å². The van der Waals surface area contributed by atoms with E-state index < -0.39 is 11.9 Å². The molecule has 1 atom stereocenters. The van der Waals surface area contributed by atoms with Crippen molar-refractivity contribution in [2.75, 3.05) is 0 Å². The molecule has 0 fully saturated rings. The van der Waals surface area contributed by atoms with Crippen molar-refractivity contribution in [2.24, 2.45) is 11.5 Å². The third kappa shape index (κ3) is 1.86. The van der Waals surface area contributed by atoms with Crippen LogP contribution in [0.3, 0.4) is 0 Å². The number of fused-ring (bicyclic) bond motifs is 3. The Kier molecular flexibility index (Phi) is 2.72. The van der Waals surface area contributed by atoms with Crippen LogP contribution in [0.5, 0.6) is 0 Å². The van der Waals surface area contributed by atoms with Crippen molar-refractivity contribution in [1.29, 1.82) is 0 Å². The first-order valence-electron chi connectivity index (χ1n) is 6.19. The zero-order valence-electron chi connectivity index (χ0n) is 10.4. The SMILES string of the molecule is NC(=O)C(N)Cn1c2ccccc2c2ccccc21. The summed E-state index contributed by atoms with van der Waals surface area (Å²) in [6.07, 6.45) is 0. The molecule has 96 valence electrons. The second-order valence-corrected chi connectivity index (χ2v) is 4.65. The van der Waals surface area contributed by atoms with Gasteiger partial charge in [0.05, 0.1) is 0 Å². The summed E-state index contributed by atoms with van der Waals surface area (Å²) in [6.45, 7) is 0.392. The Labute approximate surface area is 110 Å². The first kappa shape index (κ1) is 11.7. The zero-order valence-corrected chi connectivity index (χ0v) is 10.4. The van der Waals surface area contributed by atoms with E-state index in [2.05, 4.69) is 16.7 Å². The number of nitrogens with two attached hydrogens (primary N) is 2. The average Bonchev–Trinajstić information content (AvgIpc) is 2.74. The molecule has 1 unspecified atom stereocenters. The fraction of sp³-hybridized carbons (Fsp3) is 0.133. The lowest BCUT2D eigenvalue weighted by Crippen LogP contribution is -2.39. The third-order valence-electron chi connectivity index (χ3n) is 3.42. The van der Waals surface area contributed by atoms with E-state index in [0.717, 1.165) is 21.8 Å². The predicted octanol–water partition coefficient (Wildman–Crippen LogP) is 1.61. The van der Waals surface area contributed by atoms with Crippen LogP contribution in [-0.4, -0.2) is 16.5 Å². The number of amides is 1. The Balaban J connectivity index is 2.27. The van der Waals surface area contributed by atoms with Gasteiger partial charge in [0.1, 0.15) is 6.04 Å². The van der Waals surface area contributed by atoms with Crippen molar-refractivity contribution < 1.29 is 4.79 Å². The molecular formula is C15H15N3O. The molecule has 4 heteroatoms. The van der Waals surface area contributed by atoms with Crippen LogP contribution in [0.4, 0.5) is 0 Å². The first-order valence-corrected chi connectivity index (χ1v) is 6.19. The van der Waals surface area contributed by atoms with Gasteiger partial charge in [-0.3, -0.25) is 4.79 Å². The van der Waals surface area contributed by atoms with Gasteiger partial charge in [0.25, 0.3) is 0 Å². The molecule has 0 saturated carbocycles. The van der Waals surface area contributed by atoms with Crippen LogP contribution >= 0.6 is 0 Å². The van der Waals surface area contributed by atoms with E-state index in [-0.39, 0.29) is 0 Å². The number of hydrogen-bond acceptors (Lipinski definition) is 2. The number of rotatable bonds is 3. The average molecular weight is 253 g/mol. The summed E-state index contributed by atoms with van der Waals surface area (Å²) in [5.74, 6) is -0.484. The Bertz CT molecular complexity index is 707. The van der Waals surface area contributed by atoms with E-state index in [9.17, 15) is 4.79 Å². The molecule has 19 heavy (non-hydrogen) atoms. The molecule has 1 aromatic heterocycles. The van der Waals surface area contributed by atoms with Gasteiger partial charge in [0.15, 0.2) is 0 Å². The minimum absolute atomic E-state index is 0.392. The van der Waals surface area contributed by atoms with Crippen LogP contribution in [0.15, 0.2) is 48.5 Å². The Hall–Kier alpha value is -2.33. The fourth-order valence-corrected chi connectivity index (χ4v) is 2.49. The van der Waals surface area contributed by atoms with Crippen LogP contribution < -0.4 is 11.5 Å². The number of carbonyl (C=O) groups is 1. The molecule has 1 amide bonds. The quantitative estimate of drug-likeness (QED) is 0.744. The number of aromatic nitrogens is 1. The lowest BCUT2D eigenvalue weighted by atomic mass is 10.2. The highest BCUT2D eigenvalue weighted by atomic mass is 16.1. The topological polar surface area (TPSA) is 74.0 Å². The summed E-state index contributed by atoms with van der Waals surface area (Å²) < 4.78 is 2.06. The maximum Gasteiger partial charge on any atom is 0.236 e. The Morgan fingerprint density at radius 1 is 1.00 bits per heavy atom. The molecule has 4 N–H and O–H groups in total. The molecule has 0 aliphatic heterocycles. The second kappa shape index (κ2) is 4.40. The standard InChI is InChI=1S/C15H15N3O/c16-12(15(17)19)9-18-13-7-3-1-5-10(13)11-6-2-4-8-14(11)18/h1-8,12H,9,16H2,(H2,17,19). The number of carbonyl (C=O) groups excluding carboxylic acids is 1. The van der Waals surface area contributed by atoms with Crippen molar-refractivity contribution in [3.63, 3.8) is 0 Å². The van der Waals surface area contributed by atoms with Gasteiger partial charge < -0.3 is 16.0 Å². The minimum Gasteiger partial charge on any atom is -0.368 e. The number of benzene rings is 2. The molecule has 1 heterocycles. The molecule has 0 bridgehead atoms. The highest BCUT2D eigenvalue weighted by Crippen LogP contribution is 2.28. The maximum absolute atomic E-state index is 11.2. The first-order chi connectivity index (χ1) is 9.18.